The van der Waals surface area contributed by atoms with Gasteiger partial charge in [-0.15, -0.1) is 11.3 Å². The van der Waals surface area contributed by atoms with Crippen LogP contribution >= 0.6 is 11.3 Å². The first-order chi connectivity index (χ1) is 12.2. The zero-order valence-electron chi connectivity index (χ0n) is 14.7. The first-order valence-electron chi connectivity index (χ1n) is 9.24. The number of fused-ring (bicyclic) bond motifs is 1. The second kappa shape index (κ2) is 7.15. The fourth-order valence-corrected chi connectivity index (χ4v) is 4.85. The molecule has 1 N–H and O–H groups in total. The van der Waals surface area contributed by atoms with Crippen LogP contribution in [0.4, 0.5) is 10.9 Å². The third kappa shape index (κ3) is 3.56. The van der Waals surface area contributed by atoms with Gasteiger partial charge in [-0.2, -0.15) is 5.10 Å². The minimum atomic E-state index is -0.0659. The maximum atomic E-state index is 11.6. The molecule has 7 heteroatoms. The van der Waals surface area contributed by atoms with Crippen molar-refractivity contribution < 1.29 is 0 Å². The molecule has 2 aromatic rings. The molecule has 0 bridgehead atoms. The van der Waals surface area contributed by atoms with E-state index in [0.29, 0.717) is 6.04 Å². The Hall–Kier alpha value is -1.89. The summed E-state index contributed by atoms with van der Waals surface area (Å²) >= 11 is 1.82. The van der Waals surface area contributed by atoms with Gasteiger partial charge >= 0.3 is 0 Å². The summed E-state index contributed by atoms with van der Waals surface area (Å²) in [6, 6.07) is 3.85. The van der Waals surface area contributed by atoms with Crippen LogP contribution in [0.5, 0.6) is 0 Å². The zero-order valence-corrected chi connectivity index (χ0v) is 15.5. The Bertz CT molecular complexity index is 776. The maximum absolute atomic E-state index is 11.6. The molecule has 1 aliphatic carbocycles. The topological polar surface area (TPSA) is 63.1 Å². The van der Waals surface area contributed by atoms with E-state index in [4.69, 9.17) is 4.98 Å². The van der Waals surface area contributed by atoms with Crippen LogP contribution in [0.15, 0.2) is 16.9 Å². The Balaban J connectivity index is 1.46. The first-order valence-corrected chi connectivity index (χ1v) is 10.1. The quantitative estimate of drug-likeness (QED) is 0.909. The molecule has 2 aromatic heterocycles. The predicted molar refractivity (Wildman–Crippen MR) is 102 cm³/mol. The van der Waals surface area contributed by atoms with Crippen molar-refractivity contribution in [3.05, 3.63) is 33.1 Å². The molecule has 3 heterocycles. The summed E-state index contributed by atoms with van der Waals surface area (Å²) in [5.41, 5.74) is 1.24. The summed E-state index contributed by atoms with van der Waals surface area (Å²) in [7, 11) is 1.71. The molecule has 25 heavy (non-hydrogen) atoms. The fourth-order valence-electron chi connectivity index (χ4n) is 3.79. The van der Waals surface area contributed by atoms with Gasteiger partial charge in [0.05, 0.1) is 5.69 Å². The highest BCUT2D eigenvalue weighted by atomic mass is 32.1. The minimum absolute atomic E-state index is 0.0659. The van der Waals surface area contributed by atoms with Gasteiger partial charge in [-0.3, -0.25) is 4.79 Å². The molecule has 1 fully saturated rings. The molecule has 0 saturated carbocycles. The van der Waals surface area contributed by atoms with Crippen molar-refractivity contribution in [3.8, 4) is 0 Å². The second-order valence-corrected chi connectivity index (χ2v) is 8.06. The van der Waals surface area contributed by atoms with Gasteiger partial charge in [0, 0.05) is 37.1 Å². The van der Waals surface area contributed by atoms with E-state index in [-0.39, 0.29) is 5.56 Å². The van der Waals surface area contributed by atoms with Gasteiger partial charge in [-0.05, 0) is 51.0 Å². The van der Waals surface area contributed by atoms with Crippen LogP contribution in [0.2, 0.25) is 0 Å². The molecular formula is C18H25N5OS. The standard InChI is InChI=1S/C18H25N5OS/c1-22-17(24)10-9-16(21-22)23-11-5-4-6-13(23)12-19-18-20-14-7-2-3-8-15(14)25-18/h9-10,13H,2-8,11-12H2,1H3,(H,19,20). The molecule has 0 amide bonds. The molecule has 0 aromatic carbocycles. The highest BCUT2D eigenvalue weighted by Crippen LogP contribution is 2.30. The van der Waals surface area contributed by atoms with E-state index >= 15 is 0 Å². The summed E-state index contributed by atoms with van der Waals surface area (Å²) < 4.78 is 1.42. The number of anilines is 2. The Morgan fingerprint density at radius 2 is 2.12 bits per heavy atom. The van der Waals surface area contributed by atoms with Gasteiger partial charge in [0.25, 0.3) is 5.56 Å². The molecule has 0 radical (unpaired) electrons. The summed E-state index contributed by atoms with van der Waals surface area (Å²) in [6.07, 6.45) is 8.43. The van der Waals surface area contributed by atoms with Crippen LogP contribution in [0.1, 0.15) is 42.7 Å². The monoisotopic (exact) mass is 359 g/mol. The normalized spacial score (nSPS) is 20.4. The van der Waals surface area contributed by atoms with Crippen molar-refractivity contribution in [1.29, 1.82) is 0 Å². The highest BCUT2D eigenvalue weighted by molar-refractivity contribution is 7.15. The molecule has 1 atom stereocenters. The number of hydrogen-bond acceptors (Lipinski definition) is 6. The van der Waals surface area contributed by atoms with Crippen LogP contribution < -0.4 is 15.8 Å². The van der Waals surface area contributed by atoms with Gasteiger partial charge < -0.3 is 10.2 Å². The van der Waals surface area contributed by atoms with Gasteiger partial charge in [0.15, 0.2) is 5.13 Å². The van der Waals surface area contributed by atoms with Crippen LogP contribution in [-0.2, 0) is 19.9 Å². The predicted octanol–water partition coefficient (Wildman–Crippen LogP) is 2.59. The number of aryl methyl sites for hydroxylation is 3. The van der Waals surface area contributed by atoms with E-state index in [0.717, 1.165) is 36.9 Å². The maximum Gasteiger partial charge on any atom is 0.266 e. The lowest BCUT2D eigenvalue weighted by Gasteiger charge is -2.36. The number of hydrogen-bond donors (Lipinski definition) is 1. The van der Waals surface area contributed by atoms with E-state index in [2.05, 4.69) is 15.3 Å². The first kappa shape index (κ1) is 16.6. The molecule has 1 unspecified atom stereocenters. The van der Waals surface area contributed by atoms with Crippen molar-refractivity contribution in [2.24, 2.45) is 7.05 Å². The van der Waals surface area contributed by atoms with E-state index in [1.54, 1.807) is 13.1 Å². The largest absolute Gasteiger partial charge is 0.359 e. The van der Waals surface area contributed by atoms with Crippen molar-refractivity contribution in [2.75, 3.05) is 23.3 Å². The Morgan fingerprint density at radius 3 is 2.96 bits per heavy atom. The van der Waals surface area contributed by atoms with E-state index in [1.165, 1.54) is 47.4 Å². The molecule has 6 nitrogen and oxygen atoms in total. The lowest BCUT2D eigenvalue weighted by atomic mass is 10.0. The summed E-state index contributed by atoms with van der Waals surface area (Å²) in [6.45, 7) is 1.86. The smallest absolute Gasteiger partial charge is 0.266 e. The van der Waals surface area contributed by atoms with Crippen LogP contribution in [0.25, 0.3) is 0 Å². The molecule has 134 valence electrons. The van der Waals surface area contributed by atoms with Gasteiger partial charge in [-0.1, -0.05) is 0 Å². The minimum Gasteiger partial charge on any atom is -0.359 e. The number of piperidine rings is 1. The molecule has 0 spiro atoms. The molecule has 2 aliphatic rings. The summed E-state index contributed by atoms with van der Waals surface area (Å²) in [4.78, 5) is 20.2. The highest BCUT2D eigenvalue weighted by Gasteiger charge is 2.24. The van der Waals surface area contributed by atoms with E-state index in [1.807, 2.05) is 17.4 Å². The number of nitrogens with one attached hydrogen (secondary N) is 1. The number of rotatable bonds is 4. The molecule has 4 rings (SSSR count). The Kier molecular flexibility index (Phi) is 4.74. The average molecular weight is 359 g/mol. The lowest BCUT2D eigenvalue weighted by Crippen LogP contribution is -2.44. The third-order valence-corrected chi connectivity index (χ3v) is 6.32. The van der Waals surface area contributed by atoms with Crippen molar-refractivity contribution in [3.63, 3.8) is 0 Å². The SMILES string of the molecule is Cn1nc(N2CCCCC2CNc2nc3c(s2)CCCC3)ccc1=O. The third-order valence-electron chi connectivity index (χ3n) is 5.20. The van der Waals surface area contributed by atoms with Gasteiger partial charge in [0.1, 0.15) is 5.82 Å². The van der Waals surface area contributed by atoms with Crippen LogP contribution in [-0.4, -0.2) is 33.9 Å². The zero-order chi connectivity index (χ0) is 17.2. The van der Waals surface area contributed by atoms with Crippen molar-refractivity contribution in [1.82, 2.24) is 14.8 Å². The summed E-state index contributed by atoms with van der Waals surface area (Å²) in [5.74, 6) is 0.895. The molecular weight excluding hydrogens is 334 g/mol. The molecule has 1 aliphatic heterocycles. The number of aromatic nitrogens is 3. The Labute approximate surface area is 151 Å². The number of nitrogens with zero attached hydrogens (tertiary/aromatic N) is 4. The van der Waals surface area contributed by atoms with Gasteiger partial charge in [0.2, 0.25) is 0 Å². The van der Waals surface area contributed by atoms with Gasteiger partial charge in [-0.25, -0.2) is 9.67 Å². The Morgan fingerprint density at radius 1 is 1.24 bits per heavy atom. The summed E-state index contributed by atoms with van der Waals surface area (Å²) in [5, 5.41) is 9.07. The number of thiazole rings is 1. The van der Waals surface area contributed by atoms with Crippen LogP contribution in [0.3, 0.4) is 0 Å². The van der Waals surface area contributed by atoms with Crippen LogP contribution in [0, 0.1) is 0 Å². The van der Waals surface area contributed by atoms with Crippen molar-refractivity contribution in [2.45, 2.75) is 51.0 Å². The molecule has 1 saturated heterocycles. The second-order valence-electron chi connectivity index (χ2n) is 6.97. The fraction of sp³-hybridized carbons (Fsp3) is 0.611. The lowest BCUT2D eigenvalue weighted by molar-refractivity contribution is 0.464. The van der Waals surface area contributed by atoms with Crippen molar-refractivity contribution >= 4 is 22.3 Å². The van der Waals surface area contributed by atoms with E-state index < -0.39 is 0 Å². The average Bonchev–Trinajstić information content (AvgIpc) is 3.05. The van der Waals surface area contributed by atoms with E-state index in [9.17, 15) is 4.79 Å².